The van der Waals surface area contributed by atoms with Crippen molar-refractivity contribution in [3.8, 4) is 0 Å². The van der Waals surface area contributed by atoms with Crippen LogP contribution in [0.15, 0.2) is 109 Å². The van der Waals surface area contributed by atoms with E-state index in [9.17, 15) is 15.0 Å². The van der Waals surface area contributed by atoms with E-state index in [1.807, 2.05) is 111 Å². The maximum atomic E-state index is 12.8. The Morgan fingerprint density at radius 2 is 1.60 bits per heavy atom. The van der Waals surface area contributed by atoms with E-state index < -0.39 is 12.4 Å². The Balaban J connectivity index is 1.35. The highest BCUT2D eigenvalue weighted by Crippen LogP contribution is 2.39. The van der Waals surface area contributed by atoms with Crippen LogP contribution in [-0.4, -0.2) is 46.8 Å². The minimum atomic E-state index is -0.664. The Hall–Kier alpha value is -3.85. The molecule has 0 bridgehead atoms. The fourth-order valence-electron chi connectivity index (χ4n) is 5.25. The fraction of sp³-hybridized carbons (Fsp3) is 0.286. The van der Waals surface area contributed by atoms with E-state index in [-0.39, 0.29) is 30.8 Å². The highest BCUT2D eigenvalue weighted by Gasteiger charge is 2.34. The molecule has 5 rings (SSSR count). The molecular formula is C35H38N2O5. The van der Waals surface area contributed by atoms with Gasteiger partial charge < -0.3 is 25.0 Å². The molecule has 0 aliphatic carbocycles. The van der Waals surface area contributed by atoms with E-state index >= 15 is 0 Å². The highest BCUT2D eigenvalue weighted by atomic mass is 16.7. The molecule has 0 aromatic heterocycles. The predicted molar refractivity (Wildman–Crippen MR) is 163 cm³/mol. The van der Waals surface area contributed by atoms with Crippen LogP contribution in [0.2, 0.25) is 0 Å². The van der Waals surface area contributed by atoms with E-state index in [4.69, 9.17) is 9.47 Å². The summed E-state index contributed by atoms with van der Waals surface area (Å²) < 4.78 is 13.0. The molecule has 0 radical (unpaired) electrons. The molecule has 1 aliphatic rings. The SMILES string of the molecule is C[C@H]([C@@H](O)c1ccccc1)N(C)C[C@@H]1C[C@H](c2ccc(CO)cc2)O[C@H](c2cccc(NC(=O)c3ccccc3)c2)O1. The van der Waals surface area contributed by atoms with Crippen LogP contribution in [-0.2, 0) is 16.1 Å². The fourth-order valence-corrected chi connectivity index (χ4v) is 5.25. The van der Waals surface area contributed by atoms with Crippen LogP contribution < -0.4 is 5.32 Å². The van der Waals surface area contributed by atoms with E-state index in [0.717, 1.165) is 22.3 Å². The van der Waals surface area contributed by atoms with Gasteiger partial charge in [-0.3, -0.25) is 9.69 Å². The third-order valence-electron chi connectivity index (χ3n) is 7.85. The molecule has 1 aliphatic heterocycles. The Labute approximate surface area is 247 Å². The zero-order valence-corrected chi connectivity index (χ0v) is 24.0. The molecule has 1 saturated heterocycles. The van der Waals surface area contributed by atoms with E-state index in [1.165, 1.54) is 0 Å². The number of rotatable bonds is 10. The van der Waals surface area contributed by atoms with E-state index in [1.54, 1.807) is 12.1 Å². The van der Waals surface area contributed by atoms with Crippen molar-refractivity contribution in [3.63, 3.8) is 0 Å². The lowest BCUT2D eigenvalue weighted by molar-refractivity contribution is -0.253. The smallest absolute Gasteiger partial charge is 0.255 e. The monoisotopic (exact) mass is 566 g/mol. The van der Waals surface area contributed by atoms with Gasteiger partial charge in [-0.2, -0.15) is 0 Å². The molecule has 0 unspecified atom stereocenters. The number of amides is 1. The predicted octanol–water partition coefficient (Wildman–Crippen LogP) is 6.03. The normalized spacial score (nSPS) is 20.2. The van der Waals surface area contributed by atoms with Gasteiger partial charge in [0.25, 0.3) is 5.91 Å². The van der Waals surface area contributed by atoms with Gasteiger partial charge in [0.2, 0.25) is 0 Å². The Morgan fingerprint density at radius 3 is 2.29 bits per heavy atom. The number of carbonyl (C=O) groups excluding carboxylic acids is 1. The van der Waals surface area contributed by atoms with Gasteiger partial charge in [-0.25, -0.2) is 0 Å². The number of ether oxygens (including phenoxy) is 2. The van der Waals surface area contributed by atoms with Gasteiger partial charge in [0.05, 0.1) is 24.9 Å². The van der Waals surface area contributed by atoms with Gasteiger partial charge in [-0.05, 0) is 54.9 Å². The second-order valence-corrected chi connectivity index (χ2v) is 10.8. The summed E-state index contributed by atoms with van der Waals surface area (Å²) in [5.41, 5.74) is 4.73. The molecule has 3 N–H and O–H groups in total. The van der Waals surface area contributed by atoms with Crippen molar-refractivity contribution in [2.75, 3.05) is 18.9 Å². The molecule has 0 saturated carbocycles. The number of likely N-dealkylation sites (N-methyl/N-ethyl adjacent to an activating group) is 1. The summed E-state index contributed by atoms with van der Waals surface area (Å²) in [6.45, 7) is 2.58. The standard InChI is InChI=1S/C35H38N2O5/c1-24(33(39)27-10-5-3-6-11-27)37(2)22-31-21-32(26-18-16-25(23-38)17-19-26)42-35(41-31)29-14-9-15-30(20-29)36-34(40)28-12-7-4-8-13-28/h3-20,24,31-33,35,38-39H,21-23H2,1-2H3,(H,36,40)/t24-,31+,32-,33-,35-/m1/s1. The molecule has 1 fully saturated rings. The highest BCUT2D eigenvalue weighted by molar-refractivity contribution is 6.04. The molecule has 42 heavy (non-hydrogen) atoms. The summed E-state index contributed by atoms with van der Waals surface area (Å²) in [5.74, 6) is -0.189. The van der Waals surface area contributed by atoms with Crippen LogP contribution >= 0.6 is 0 Å². The summed E-state index contributed by atoms with van der Waals surface area (Å²) in [6, 6.07) is 33.9. The van der Waals surface area contributed by atoms with E-state index in [2.05, 4.69) is 10.2 Å². The lowest BCUT2D eigenvalue weighted by Crippen LogP contribution is -2.43. The number of nitrogens with zero attached hydrogens (tertiary/aromatic N) is 1. The Kier molecular flexibility index (Phi) is 9.79. The zero-order chi connectivity index (χ0) is 29.5. The first-order valence-corrected chi connectivity index (χ1v) is 14.3. The van der Waals surface area contributed by atoms with Crippen LogP contribution in [0.4, 0.5) is 5.69 Å². The molecule has 4 aromatic carbocycles. The van der Waals surface area contributed by atoms with E-state index in [0.29, 0.717) is 24.2 Å². The number of anilines is 1. The average molecular weight is 567 g/mol. The summed E-state index contributed by atoms with van der Waals surface area (Å²) in [5, 5.41) is 23.5. The van der Waals surface area contributed by atoms with Crippen molar-refractivity contribution in [1.29, 1.82) is 0 Å². The molecule has 7 heteroatoms. The van der Waals surface area contributed by atoms with Crippen LogP contribution in [0.3, 0.4) is 0 Å². The number of hydrogen-bond donors (Lipinski definition) is 3. The molecule has 4 aromatic rings. The topological polar surface area (TPSA) is 91.3 Å². The lowest BCUT2D eigenvalue weighted by Gasteiger charge is -2.39. The minimum Gasteiger partial charge on any atom is -0.392 e. The van der Waals surface area contributed by atoms with Crippen molar-refractivity contribution in [2.24, 2.45) is 0 Å². The lowest BCUT2D eigenvalue weighted by atomic mass is 9.98. The number of hydrogen-bond acceptors (Lipinski definition) is 6. The Bertz CT molecular complexity index is 1430. The maximum Gasteiger partial charge on any atom is 0.255 e. The van der Waals surface area contributed by atoms with Crippen LogP contribution in [0.5, 0.6) is 0 Å². The van der Waals surface area contributed by atoms with Crippen LogP contribution in [0.25, 0.3) is 0 Å². The van der Waals surface area contributed by atoms with Crippen molar-refractivity contribution in [1.82, 2.24) is 4.90 Å². The maximum absolute atomic E-state index is 12.8. The Morgan fingerprint density at radius 1 is 0.905 bits per heavy atom. The van der Waals surface area contributed by atoms with Crippen LogP contribution in [0, 0.1) is 0 Å². The van der Waals surface area contributed by atoms with Gasteiger partial charge in [0, 0.05) is 35.8 Å². The number of aliphatic hydroxyl groups excluding tert-OH is 2. The van der Waals surface area contributed by atoms with Crippen LogP contribution in [0.1, 0.15) is 64.5 Å². The average Bonchev–Trinajstić information content (AvgIpc) is 3.04. The second-order valence-electron chi connectivity index (χ2n) is 10.8. The summed E-state index contributed by atoms with van der Waals surface area (Å²) in [7, 11) is 2.00. The largest absolute Gasteiger partial charge is 0.392 e. The summed E-state index contributed by atoms with van der Waals surface area (Å²) in [4.78, 5) is 14.9. The van der Waals surface area contributed by atoms with Crippen molar-refractivity contribution in [3.05, 3.63) is 137 Å². The van der Waals surface area contributed by atoms with Gasteiger partial charge >= 0.3 is 0 Å². The van der Waals surface area contributed by atoms with Crippen molar-refractivity contribution in [2.45, 2.75) is 50.6 Å². The molecule has 218 valence electrons. The third-order valence-corrected chi connectivity index (χ3v) is 7.85. The number of carbonyl (C=O) groups is 1. The third kappa shape index (κ3) is 7.31. The van der Waals surface area contributed by atoms with Gasteiger partial charge in [0.1, 0.15) is 0 Å². The molecule has 0 spiro atoms. The summed E-state index contributed by atoms with van der Waals surface area (Å²) in [6.07, 6.45) is -1.12. The first kappa shape index (κ1) is 29.6. The minimum absolute atomic E-state index is 0.0198. The van der Waals surface area contributed by atoms with Gasteiger partial charge in [-0.1, -0.05) is 84.9 Å². The zero-order valence-electron chi connectivity index (χ0n) is 24.0. The van der Waals surface area contributed by atoms with Crippen molar-refractivity contribution < 1.29 is 24.5 Å². The number of aliphatic hydroxyl groups is 2. The summed E-state index contributed by atoms with van der Waals surface area (Å²) >= 11 is 0. The molecular weight excluding hydrogens is 528 g/mol. The number of benzene rings is 4. The second kappa shape index (κ2) is 13.9. The molecule has 7 nitrogen and oxygen atoms in total. The molecule has 1 amide bonds. The molecule has 5 atom stereocenters. The first-order chi connectivity index (χ1) is 20.4. The molecule has 1 heterocycles. The first-order valence-electron chi connectivity index (χ1n) is 14.3. The van der Waals surface area contributed by atoms with Gasteiger partial charge in [-0.15, -0.1) is 0 Å². The number of nitrogens with one attached hydrogen (secondary N) is 1. The van der Waals surface area contributed by atoms with Gasteiger partial charge in [0.15, 0.2) is 6.29 Å². The quantitative estimate of drug-likeness (QED) is 0.217. The van der Waals surface area contributed by atoms with Crippen molar-refractivity contribution >= 4 is 11.6 Å².